The number of nitrogens with two attached hydrogens (primary N) is 1. The molecule has 0 amide bonds. The van der Waals surface area contributed by atoms with Crippen LogP contribution in [-0.2, 0) is 22.6 Å². The van der Waals surface area contributed by atoms with Gasteiger partial charge >= 0.3 is 10.8 Å². The molecule has 0 aliphatic carbocycles. The van der Waals surface area contributed by atoms with E-state index in [1.807, 2.05) is 18.2 Å². The van der Waals surface area contributed by atoms with Crippen molar-refractivity contribution in [3.8, 4) is 5.69 Å². The molecule has 5 rings (SSSR count). The van der Waals surface area contributed by atoms with Gasteiger partial charge in [-0.25, -0.2) is 14.1 Å². The third-order valence-corrected chi connectivity index (χ3v) is 8.33. The SMILES string of the molecule is COC(=O)CSc1cc(/N=c2\sc(=O)n3n2CCCC3)c(F)cc1Cl.Nc1cnn(-c2ccccc2)c(=O)c1Cl. The Balaban J connectivity index is 0.000000210. The van der Waals surface area contributed by atoms with Crippen molar-refractivity contribution >= 4 is 63.6 Å². The van der Waals surface area contributed by atoms with E-state index in [9.17, 15) is 18.8 Å². The highest BCUT2D eigenvalue weighted by Gasteiger charge is 2.15. The van der Waals surface area contributed by atoms with Crippen molar-refractivity contribution in [1.29, 1.82) is 0 Å². The lowest BCUT2D eigenvalue weighted by atomic mass is 10.3. The first-order valence-electron chi connectivity index (χ1n) is 11.8. The second-order valence-corrected chi connectivity index (χ2v) is 11.0. The number of nitrogen functional groups attached to an aromatic ring is 1. The number of thioether (sulfide) groups is 1. The van der Waals surface area contributed by atoms with E-state index in [-0.39, 0.29) is 32.0 Å². The molecule has 0 bridgehead atoms. The number of fused-ring (bicyclic) bond motifs is 1. The Labute approximate surface area is 245 Å². The Morgan fingerprint density at radius 3 is 2.58 bits per heavy atom. The van der Waals surface area contributed by atoms with Gasteiger partial charge in [-0.15, -0.1) is 11.8 Å². The summed E-state index contributed by atoms with van der Waals surface area (Å²) in [6.45, 7) is 1.32. The molecule has 10 nitrogen and oxygen atoms in total. The molecular formula is C25H23Cl2FN6O4S2. The fourth-order valence-electron chi connectivity index (χ4n) is 3.63. The number of para-hydroxylation sites is 1. The van der Waals surface area contributed by atoms with Crippen LogP contribution < -0.4 is 21.0 Å². The van der Waals surface area contributed by atoms with E-state index in [1.54, 1.807) is 21.5 Å². The monoisotopic (exact) mass is 624 g/mol. The van der Waals surface area contributed by atoms with Gasteiger partial charge in [0.25, 0.3) is 5.56 Å². The predicted molar refractivity (Wildman–Crippen MR) is 154 cm³/mol. The minimum absolute atomic E-state index is 0.00569. The lowest BCUT2D eigenvalue weighted by Crippen LogP contribution is -2.31. The molecule has 2 N–H and O–H groups in total. The zero-order valence-corrected chi connectivity index (χ0v) is 24.2. The minimum atomic E-state index is -0.580. The van der Waals surface area contributed by atoms with Gasteiger partial charge in [-0.2, -0.15) is 9.78 Å². The first kappa shape index (κ1) is 29.6. The van der Waals surface area contributed by atoms with Crippen LogP contribution in [0.5, 0.6) is 0 Å². The largest absolute Gasteiger partial charge is 0.468 e. The highest BCUT2D eigenvalue weighted by atomic mass is 35.5. The summed E-state index contributed by atoms with van der Waals surface area (Å²) in [5.74, 6) is -0.923. The molecule has 15 heteroatoms. The van der Waals surface area contributed by atoms with Crippen LogP contribution in [0.15, 0.2) is 68.1 Å². The van der Waals surface area contributed by atoms with E-state index < -0.39 is 17.3 Å². The number of esters is 1. The molecule has 0 spiro atoms. The van der Waals surface area contributed by atoms with Crippen molar-refractivity contribution in [2.24, 2.45) is 4.99 Å². The Kier molecular flexibility index (Phi) is 9.85. The van der Waals surface area contributed by atoms with E-state index in [0.29, 0.717) is 28.5 Å². The number of methoxy groups -OCH3 is 1. The number of halogens is 3. The summed E-state index contributed by atoms with van der Waals surface area (Å²) < 4.78 is 23.5. The van der Waals surface area contributed by atoms with Gasteiger partial charge in [0.15, 0.2) is 0 Å². The second kappa shape index (κ2) is 13.3. The van der Waals surface area contributed by atoms with E-state index in [2.05, 4.69) is 14.8 Å². The van der Waals surface area contributed by atoms with E-state index in [4.69, 9.17) is 28.9 Å². The number of aromatic nitrogens is 4. The van der Waals surface area contributed by atoms with Gasteiger partial charge < -0.3 is 10.5 Å². The topological polar surface area (TPSA) is 126 Å². The maximum Gasteiger partial charge on any atom is 0.325 e. The molecular weight excluding hydrogens is 602 g/mol. The van der Waals surface area contributed by atoms with Gasteiger partial charge in [-0.05, 0) is 48.4 Å². The van der Waals surface area contributed by atoms with E-state index in [1.165, 1.54) is 24.1 Å². The van der Waals surface area contributed by atoms with Crippen molar-refractivity contribution in [2.45, 2.75) is 30.8 Å². The first-order chi connectivity index (χ1) is 19.2. The molecule has 3 heterocycles. The fraction of sp³-hybridized carbons (Fsp3) is 0.240. The smallest absolute Gasteiger partial charge is 0.325 e. The highest BCUT2D eigenvalue weighted by molar-refractivity contribution is 8.00. The number of rotatable bonds is 5. The van der Waals surface area contributed by atoms with Gasteiger partial charge in [0.2, 0.25) is 4.80 Å². The minimum Gasteiger partial charge on any atom is -0.468 e. The standard InChI is InChI=1S/C15H15ClFN3O3S2.C10H8ClN3O/c1-23-13(21)8-24-12-7-11(10(17)6-9(12)16)18-14-19-4-2-3-5-20(19)15(22)25-14;11-9-8(12)6-13-14(10(9)15)7-4-2-1-3-5-7/h6-7H,2-5,8H2,1H3;1-6H,12H2/b18-14-;. The number of hydrogen-bond acceptors (Lipinski definition) is 9. The van der Waals surface area contributed by atoms with E-state index >= 15 is 0 Å². The number of carbonyl (C=O) groups excluding carboxylic acids is 1. The molecule has 210 valence electrons. The molecule has 2 aromatic carbocycles. The highest BCUT2D eigenvalue weighted by Crippen LogP contribution is 2.33. The zero-order chi connectivity index (χ0) is 28.8. The molecule has 2 aromatic heterocycles. The molecule has 0 unspecified atom stereocenters. The molecule has 0 fully saturated rings. The third-order valence-electron chi connectivity index (χ3n) is 5.63. The van der Waals surface area contributed by atoms with Crippen LogP contribution in [0.4, 0.5) is 15.8 Å². The molecule has 4 aromatic rings. The third kappa shape index (κ3) is 6.84. The molecule has 0 radical (unpaired) electrons. The van der Waals surface area contributed by atoms with Crippen LogP contribution >= 0.6 is 46.3 Å². The summed E-state index contributed by atoms with van der Waals surface area (Å²) in [4.78, 5) is 40.2. The molecule has 1 aliphatic heterocycles. The van der Waals surface area contributed by atoms with Crippen LogP contribution in [0, 0.1) is 5.82 Å². The molecule has 40 heavy (non-hydrogen) atoms. The maximum atomic E-state index is 14.3. The van der Waals surface area contributed by atoms with Crippen molar-refractivity contribution in [2.75, 3.05) is 18.6 Å². The zero-order valence-electron chi connectivity index (χ0n) is 21.1. The average molecular weight is 626 g/mol. The van der Waals surface area contributed by atoms with E-state index in [0.717, 1.165) is 42.0 Å². The summed E-state index contributed by atoms with van der Waals surface area (Å²) in [6.07, 6.45) is 3.25. The number of nitrogens with zero attached hydrogens (tertiary/aromatic N) is 5. The number of hydrogen-bond donors (Lipinski definition) is 1. The van der Waals surface area contributed by atoms with Crippen molar-refractivity contribution in [1.82, 2.24) is 19.1 Å². The molecule has 0 saturated heterocycles. The summed E-state index contributed by atoms with van der Waals surface area (Å²) in [5.41, 5.74) is 5.97. The maximum absolute atomic E-state index is 14.3. The normalized spacial score (nSPS) is 12.8. The summed E-state index contributed by atoms with van der Waals surface area (Å²) in [6, 6.07) is 11.7. The molecule has 0 atom stereocenters. The molecule has 1 aliphatic rings. The van der Waals surface area contributed by atoms with Gasteiger partial charge in [0.05, 0.1) is 35.5 Å². The van der Waals surface area contributed by atoms with Gasteiger partial charge in [0, 0.05) is 18.0 Å². The van der Waals surface area contributed by atoms with Gasteiger partial charge in [-0.3, -0.25) is 19.1 Å². The lowest BCUT2D eigenvalue weighted by Gasteiger charge is -2.15. The van der Waals surface area contributed by atoms with Crippen molar-refractivity contribution < 1.29 is 13.9 Å². The van der Waals surface area contributed by atoms with Crippen LogP contribution in [0.2, 0.25) is 10.0 Å². The Morgan fingerprint density at radius 2 is 1.88 bits per heavy atom. The Bertz CT molecular complexity index is 1720. The average Bonchev–Trinajstić information content (AvgIpc) is 3.28. The number of benzene rings is 2. The predicted octanol–water partition coefficient (Wildman–Crippen LogP) is 4.26. The van der Waals surface area contributed by atoms with Crippen LogP contribution in [0.1, 0.15) is 12.8 Å². The summed E-state index contributed by atoms with van der Waals surface area (Å²) in [5, 5.41) is 4.10. The summed E-state index contributed by atoms with van der Waals surface area (Å²) >= 11 is 13.9. The van der Waals surface area contributed by atoms with Crippen molar-refractivity contribution in [3.63, 3.8) is 0 Å². The van der Waals surface area contributed by atoms with Gasteiger partial charge in [-0.1, -0.05) is 41.4 Å². The summed E-state index contributed by atoms with van der Waals surface area (Å²) in [7, 11) is 1.30. The first-order valence-corrected chi connectivity index (χ1v) is 14.4. The Hall–Kier alpha value is -3.39. The fourth-order valence-corrected chi connectivity index (χ4v) is 5.75. The van der Waals surface area contributed by atoms with Crippen LogP contribution in [-0.4, -0.2) is 38.0 Å². The molecule has 0 saturated carbocycles. The lowest BCUT2D eigenvalue weighted by molar-refractivity contribution is -0.137. The Morgan fingerprint density at radius 1 is 1.18 bits per heavy atom. The van der Waals surface area contributed by atoms with Crippen LogP contribution in [0.3, 0.4) is 0 Å². The second-order valence-electron chi connectivity index (χ2n) is 8.28. The van der Waals surface area contributed by atoms with Gasteiger partial charge in [0.1, 0.15) is 16.5 Å². The quantitative estimate of drug-likeness (QED) is 0.260. The number of carbonyl (C=O) groups is 1. The van der Waals surface area contributed by atoms with Crippen molar-refractivity contribution in [3.05, 3.63) is 89.3 Å². The number of anilines is 1. The van der Waals surface area contributed by atoms with Crippen LogP contribution in [0.25, 0.3) is 5.69 Å². The number of ether oxygens (including phenoxy) is 1.